The molecule has 4 aliphatic rings. The van der Waals surface area contributed by atoms with E-state index in [1.54, 1.807) is 0 Å². The summed E-state index contributed by atoms with van der Waals surface area (Å²) in [6.07, 6.45) is 14.5. The van der Waals surface area contributed by atoms with E-state index < -0.39 is 0 Å². The smallest absolute Gasteiger partial charge is 0.137 e. The maximum Gasteiger partial charge on any atom is 0.137 e. The van der Waals surface area contributed by atoms with Crippen molar-refractivity contribution in [2.75, 3.05) is 34.2 Å². The minimum absolute atomic E-state index is 0.637. The molecule has 4 rings (SSSR count). The first kappa shape index (κ1) is 20.6. The third kappa shape index (κ3) is 3.86. The van der Waals surface area contributed by atoms with Crippen molar-refractivity contribution in [3.63, 3.8) is 0 Å². The quantitative estimate of drug-likeness (QED) is 0.508. The van der Waals surface area contributed by atoms with Crippen LogP contribution in [0.5, 0.6) is 0 Å². The highest BCUT2D eigenvalue weighted by Gasteiger charge is 2.32. The van der Waals surface area contributed by atoms with Gasteiger partial charge in [0.2, 0.25) is 0 Å². The van der Waals surface area contributed by atoms with Crippen molar-refractivity contribution in [3.8, 4) is 0 Å². The van der Waals surface area contributed by atoms with Crippen LogP contribution < -0.4 is 0 Å². The van der Waals surface area contributed by atoms with Crippen LogP contribution in [0.2, 0.25) is 0 Å². The highest BCUT2D eigenvalue weighted by molar-refractivity contribution is 6.12. The number of hydrogen-bond acceptors (Lipinski definition) is 5. The molecule has 0 amide bonds. The van der Waals surface area contributed by atoms with Crippen LogP contribution in [-0.2, 0) is 0 Å². The van der Waals surface area contributed by atoms with E-state index in [1.165, 1.54) is 36.2 Å². The Bertz CT molecular complexity index is 955. The minimum atomic E-state index is 0.637. The Morgan fingerprint density at radius 1 is 1.23 bits per heavy atom. The minimum Gasteiger partial charge on any atom is -0.367 e. The number of likely N-dealkylation sites (tertiary alicyclic amines) is 1. The van der Waals surface area contributed by atoms with Crippen molar-refractivity contribution >= 4 is 11.5 Å². The Kier molecular flexibility index (Phi) is 5.65. The maximum absolute atomic E-state index is 4.97. The van der Waals surface area contributed by atoms with Crippen molar-refractivity contribution in [3.05, 3.63) is 70.9 Å². The molecule has 1 saturated heterocycles. The van der Waals surface area contributed by atoms with Crippen LogP contribution >= 0.6 is 0 Å². The zero-order valence-corrected chi connectivity index (χ0v) is 18.9. The van der Waals surface area contributed by atoms with Gasteiger partial charge in [0.05, 0.1) is 17.1 Å². The molecule has 0 unspecified atom stereocenters. The molecule has 0 aromatic rings. The zero-order valence-electron chi connectivity index (χ0n) is 18.9. The highest BCUT2D eigenvalue weighted by Crippen LogP contribution is 2.36. The van der Waals surface area contributed by atoms with Gasteiger partial charge in [0.15, 0.2) is 0 Å². The summed E-state index contributed by atoms with van der Waals surface area (Å²) in [5.74, 6) is 0.970. The molecule has 2 fully saturated rings. The lowest BCUT2D eigenvalue weighted by molar-refractivity contribution is 0.0965. The van der Waals surface area contributed by atoms with Gasteiger partial charge in [-0.25, -0.2) is 4.99 Å². The number of nitrogens with zero attached hydrogens (tertiary/aromatic N) is 5. The molecule has 0 atom stereocenters. The van der Waals surface area contributed by atoms with Crippen molar-refractivity contribution in [1.82, 2.24) is 14.7 Å². The molecule has 5 heteroatoms. The molecule has 0 spiro atoms. The van der Waals surface area contributed by atoms with E-state index in [-0.39, 0.29) is 0 Å². The van der Waals surface area contributed by atoms with Crippen LogP contribution in [0.3, 0.4) is 0 Å². The van der Waals surface area contributed by atoms with Crippen LogP contribution in [-0.4, -0.2) is 66.5 Å². The van der Waals surface area contributed by atoms with E-state index in [0.717, 1.165) is 41.5 Å². The van der Waals surface area contributed by atoms with Gasteiger partial charge in [0.25, 0.3) is 0 Å². The van der Waals surface area contributed by atoms with Gasteiger partial charge in [-0.05, 0) is 82.7 Å². The first-order chi connectivity index (χ1) is 14.4. The largest absolute Gasteiger partial charge is 0.367 e. The molecular weight excluding hydrogens is 370 g/mol. The van der Waals surface area contributed by atoms with Gasteiger partial charge in [0, 0.05) is 38.1 Å². The van der Waals surface area contributed by atoms with Gasteiger partial charge in [-0.1, -0.05) is 12.2 Å². The molecule has 0 N–H and O–H groups in total. The van der Waals surface area contributed by atoms with Crippen molar-refractivity contribution in [1.29, 1.82) is 0 Å². The first-order valence-corrected chi connectivity index (χ1v) is 10.8. The number of likely N-dealkylation sites (N-methyl/N-ethyl adjacent to an activating group) is 1. The molecule has 5 nitrogen and oxygen atoms in total. The van der Waals surface area contributed by atoms with E-state index in [2.05, 4.69) is 77.8 Å². The molecule has 0 aromatic heterocycles. The second-order valence-corrected chi connectivity index (χ2v) is 8.84. The molecule has 1 aliphatic carbocycles. The van der Waals surface area contributed by atoms with Crippen LogP contribution in [0.25, 0.3) is 0 Å². The lowest BCUT2D eigenvalue weighted by atomic mass is 9.89. The fraction of sp³-hybridized carbons (Fsp3) is 0.440. The van der Waals surface area contributed by atoms with Gasteiger partial charge in [-0.2, -0.15) is 0 Å². The van der Waals surface area contributed by atoms with Gasteiger partial charge < -0.3 is 9.80 Å². The molecule has 3 heterocycles. The molecule has 158 valence electrons. The zero-order chi connectivity index (χ0) is 21.4. The highest BCUT2D eigenvalue weighted by atomic mass is 15.3. The summed E-state index contributed by atoms with van der Waals surface area (Å²) in [6, 6.07) is 0.637. The summed E-state index contributed by atoms with van der Waals surface area (Å²) in [7, 11) is 6.15. The average Bonchev–Trinajstić information content (AvgIpc) is 2.62. The fourth-order valence-corrected chi connectivity index (χ4v) is 3.89. The Hall–Kier alpha value is -2.66. The van der Waals surface area contributed by atoms with E-state index >= 15 is 0 Å². The normalized spacial score (nSPS) is 22.4. The SMILES string of the molecule is C=C(C)/C(C)=C/C(=NC)C1=CC(=C2CCC2)N2C=C(N3CC(N(C)C)C3)C=CC2=N1. The summed E-state index contributed by atoms with van der Waals surface area (Å²) in [4.78, 5) is 16.5. The van der Waals surface area contributed by atoms with E-state index in [9.17, 15) is 0 Å². The Balaban J connectivity index is 1.65. The number of fused-ring (bicyclic) bond motifs is 1. The number of amidine groups is 1. The molecule has 0 bridgehead atoms. The van der Waals surface area contributed by atoms with E-state index in [4.69, 9.17) is 4.99 Å². The van der Waals surface area contributed by atoms with Crippen molar-refractivity contribution < 1.29 is 0 Å². The lowest BCUT2D eigenvalue weighted by Gasteiger charge is -2.46. The monoisotopic (exact) mass is 403 g/mol. The molecule has 0 radical (unpaired) electrons. The number of allylic oxidation sites excluding steroid dienone is 6. The Labute approximate surface area is 180 Å². The second-order valence-electron chi connectivity index (χ2n) is 8.84. The van der Waals surface area contributed by atoms with Crippen LogP contribution in [0.15, 0.2) is 80.9 Å². The van der Waals surface area contributed by atoms with Gasteiger partial charge >= 0.3 is 0 Å². The summed E-state index contributed by atoms with van der Waals surface area (Å²) in [5, 5.41) is 0. The summed E-state index contributed by atoms with van der Waals surface area (Å²) >= 11 is 0. The average molecular weight is 404 g/mol. The third-order valence-electron chi connectivity index (χ3n) is 6.49. The Morgan fingerprint density at radius 3 is 2.53 bits per heavy atom. The van der Waals surface area contributed by atoms with E-state index in [1.807, 2.05) is 14.0 Å². The van der Waals surface area contributed by atoms with Gasteiger partial charge in [0.1, 0.15) is 5.84 Å². The molecular formula is C25H33N5. The van der Waals surface area contributed by atoms with Crippen LogP contribution in [0.4, 0.5) is 0 Å². The predicted molar refractivity (Wildman–Crippen MR) is 126 cm³/mol. The molecule has 1 saturated carbocycles. The van der Waals surface area contributed by atoms with Crippen molar-refractivity contribution in [2.45, 2.75) is 39.2 Å². The fourth-order valence-electron chi connectivity index (χ4n) is 3.89. The molecule has 0 aromatic carbocycles. The van der Waals surface area contributed by atoms with Gasteiger partial charge in [-0.3, -0.25) is 9.89 Å². The topological polar surface area (TPSA) is 34.4 Å². The third-order valence-corrected chi connectivity index (χ3v) is 6.49. The number of aliphatic imine (C=N–C) groups is 2. The number of rotatable bonds is 5. The Morgan fingerprint density at radius 2 is 1.97 bits per heavy atom. The first-order valence-electron chi connectivity index (χ1n) is 10.8. The lowest BCUT2D eigenvalue weighted by Crippen LogP contribution is -2.56. The van der Waals surface area contributed by atoms with E-state index in [0.29, 0.717) is 6.04 Å². The van der Waals surface area contributed by atoms with Crippen molar-refractivity contribution in [2.24, 2.45) is 9.98 Å². The second kappa shape index (κ2) is 8.23. The molecule has 30 heavy (non-hydrogen) atoms. The molecule has 3 aliphatic heterocycles. The maximum atomic E-state index is 4.97. The van der Waals surface area contributed by atoms with Crippen LogP contribution in [0.1, 0.15) is 33.1 Å². The standard InChI is InChI=1S/C25H33N5/c1-17(2)18(3)12-22(26-4)23-13-24(19-8-7-9-19)30-16-20(10-11-25(30)27-23)29-14-21(15-29)28(5)6/h10-13,16,21H,1,7-9,14-15H2,2-6H3/b18-12+,26-22?. The number of hydrogen-bond donors (Lipinski definition) is 0. The summed E-state index contributed by atoms with van der Waals surface area (Å²) in [5.41, 5.74) is 8.06. The summed E-state index contributed by atoms with van der Waals surface area (Å²) < 4.78 is 0. The predicted octanol–water partition coefficient (Wildman–Crippen LogP) is 4.27. The summed E-state index contributed by atoms with van der Waals surface area (Å²) in [6.45, 7) is 10.3. The van der Waals surface area contributed by atoms with Gasteiger partial charge in [-0.15, -0.1) is 0 Å². The van der Waals surface area contributed by atoms with Crippen LogP contribution in [0, 0.1) is 0 Å².